The lowest BCUT2D eigenvalue weighted by Crippen LogP contribution is -2.32. The van der Waals surface area contributed by atoms with Gasteiger partial charge < -0.3 is 5.11 Å². The molecule has 0 amide bonds. The van der Waals surface area contributed by atoms with Crippen molar-refractivity contribution in [2.45, 2.75) is 77.7 Å². The van der Waals surface area contributed by atoms with Crippen LogP contribution in [0.3, 0.4) is 0 Å². The molecule has 1 aromatic heterocycles. The first-order valence-corrected chi connectivity index (χ1v) is 10.9. The number of phenols is 1. The summed E-state index contributed by atoms with van der Waals surface area (Å²) in [6.07, 6.45) is 18.1. The SMILES string of the molecule is CCCCCCCCCCCC[n+]1ccc(N=Nc2ccc(O)c(C=O)c2)cc1. The highest BCUT2D eigenvalue weighted by Crippen LogP contribution is 2.23. The third-order valence-corrected chi connectivity index (χ3v) is 5.06. The van der Waals surface area contributed by atoms with Crippen LogP contribution in [0.15, 0.2) is 53.0 Å². The first-order valence-electron chi connectivity index (χ1n) is 10.9. The Hall–Kier alpha value is -2.56. The third-order valence-electron chi connectivity index (χ3n) is 5.06. The van der Waals surface area contributed by atoms with Crippen molar-refractivity contribution in [1.82, 2.24) is 0 Å². The van der Waals surface area contributed by atoms with Crippen LogP contribution in [-0.2, 0) is 6.54 Å². The maximum atomic E-state index is 10.9. The number of carbonyl (C=O) groups is 1. The summed E-state index contributed by atoms with van der Waals surface area (Å²) in [5.74, 6) is -0.0494. The van der Waals surface area contributed by atoms with Gasteiger partial charge in [0.25, 0.3) is 0 Å². The van der Waals surface area contributed by atoms with Crippen molar-refractivity contribution in [1.29, 1.82) is 0 Å². The molecule has 5 nitrogen and oxygen atoms in total. The molecule has 0 aliphatic carbocycles. The first kappa shape index (κ1) is 22.7. The van der Waals surface area contributed by atoms with Gasteiger partial charge in [0.1, 0.15) is 12.3 Å². The first-order chi connectivity index (χ1) is 14.2. The minimum absolute atomic E-state index is 0.0494. The fourth-order valence-corrected chi connectivity index (χ4v) is 3.26. The Morgan fingerprint density at radius 1 is 0.828 bits per heavy atom. The molecule has 5 heteroatoms. The number of hydrogen-bond acceptors (Lipinski definition) is 4. The third kappa shape index (κ3) is 8.99. The lowest BCUT2D eigenvalue weighted by Gasteiger charge is -2.01. The summed E-state index contributed by atoms with van der Waals surface area (Å²) in [6.45, 7) is 3.28. The largest absolute Gasteiger partial charge is 0.507 e. The second-order valence-corrected chi connectivity index (χ2v) is 7.54. The van der Waals surface area contributed by atoms with Crippen LogP contribution in [-0.4, -0.2) is 11.4 Å². The smallest absolute Gasteiger partial charge is 0.171 e. The van der Waals surface area contributed by atoms with E-state index in [1.165, 1.54) is 76.3 Å². The van der Waals surface area contributed by atoms with Gasteiger partial charge in [0.2, 0.25) is 0 Å². The van der Waals surface area contributed by atoms with Crippen LogP contribution in [0, 0.1) is 0 Å². The van der Waals surface area contributed by atoms with E-state index in [4.69, 9.17) is 0 Å². The monoisotopic (exact) mass is 396 g/mol. The molecule has 0 spiro atoms. The highest BCUT2D eigenvalue weighted by atomic mass is 16.3. The number of unbranched alkanes of at least 4 members (excludes halogenated alkanes) is 9. The van der Waals surface area contributed by atoms with Gasteiger partial charge in [-0.1, -0.05) is 58.3 Å². The molecule has 0 saturated carbocycles. The molecular weight excluding hydrogens is 362 g/mol. The number of hydrogen-bond donors (Lipinski definition) is 1. The number of carbonyl (C=O) groups excluding carboxylic acids is 1. The van der Waals surface area contributed by atoms with Crippen molar-refractivity contribution in [3.8, 4) is 5.75 Å². The van der Waals surface area contributed by atoms with E-state index in [0.29, 0.717) is 12.0 Å². The van der Waals surface area contributed by atoms with Gasteiger partial charge in [0, 0.05) is 18.6 Å². The number of aromatic hydroxyl groups is 1. The molecule has 29 heavy (non-hydrogen) atoms. The summed E-state index contributed by atoms with van der Waals surface area (Å²) >= 11 is 0. The van der Waals surface area contributed by atoms with E-state index in [1.54, 1.807) is 6.07 Å². The molecule has 0 aliphatic heterocycles. The van der Waals surface area contributed by atoms with Crippen LogP contribution in [0.4, 0.5) is 11.4 Å². The standard InChI is InChI=1S/C24H33N3O2/c1-2-3-4-5-6-7-8-9-10-11-16-27-17-14-22(15-18-27)25-26-23-12-13-24(29)21(19-23)20-28/h12-15,17-20H,2-11,16H2,1H3/p+1. The summed E-state index contributed by atoms with van der Waals surface area (Å²) in [6, 6.07) is 8.45. The molecule has 156 valence electrons. The molecule has 0 radical (unpaired) electrons. The zero-order valence-corrected chi connectivity index (χ0v) is 17.6. The normalized spacial score (nSPS) is 11.2. The van der Waals surface area contributed by atoms with Crippen molar-refractivity contribution >= 4 is 17.7 Å². The summed E-state index contributed by atoms with van der Waals surface area (Å²) in [4.78, 5) is 10.9. The molecule has 2 aromatic rings. The molecule has 1 aromatic carbocycles. The van der Waals surface area contributed by atoms with Crippen molar-refractivity contribution < 1.29 is 14.5 Å². The zero-order chi connectivity index (χ0) is 20.7. The van der Waals surface area contributed by atoms with Crippen molar-refractivity contribution in [2.24, 2.45) is 10.2 Å². The molecule has 0 fully saturated rings. The van der Waals surface area contributed by atoms with E-state index in [-0.39, 0.29) is 11.3 Å². The number of rotatable bonds is 14. The second-order valence-electron chi connectivity index (χ2n) is 7.54. The van der Waals surface area contributed by atoms with Gasteiger partial charge in [-0.3, -0.25) is 4.79 Å². The predicted molar refractivity (Wildman–Crippen MR) is 116 cm³/mol. The summed E-state index contributed by atoms with van der Waals surface area (Å²) in [5, 5.41) is 17.8. The topological polar surface area (TPSA) is 65.9 Å². The number of pyridine rings is 1. The second kappa shape index (κ2) is 13.6. The van der Waals surface area contributed by atoms with Crippen LogP contribution in [0.1, 0.15) is 81.5 Å². The Kier molecular flexibility index (Phi) is 10.6. The number of benzene rings is 1. The van der Waals surface area contributed by atoms with Crippen LogP contribution in [0.5, 0.6) is 5.75 Å². The summed E-state index contributed by atoms with van der Waals surface area (Å²) < 4.78 is 2.18. The van der Waals surface area contributed by atoms with Crippen LogP contribution >= 0.6 is 0 Å². The van der Waals surface area contributed by atoms with E-state index in [2.05, 4.69) is 21.7 Å². The number of azo groups is 1. The predicted octanol–water partition coefficient (Wildman–Crippen LogP) is 6.83. The Balaban J connectivity index is 1.65. The fraction of sp³-hybridized carbons (Fsp3) is 0.500. The highest BCUT2D eigenvalue weighted by molar-refractivity contribution is 5.80. The average Bonchev–Trinajstić information content (AvgIpc) is 2.75. The van der Waals surface area contributed by atoms with Crippen molar-refractivity contribution in [3.05, 3.63) is 48.3 Å². The molecule has 2 rings (SSSR count). The van der Waals surface area contributed by atoms with Crippen LogP contribution < -0.4 is 4.57 Å². The van der Waals surface area contributed by atoms with Gasteiger partial charge in [0.05, 0.1) is 16.9 Å². The molecule has 0 saturated heterocycles. The number of aryl methyl sites for hydroxylation is 1. The van der Waals surface area contributed by atoms with Crippen molar-refractivity contribution in [3.63, 3.8) is 0 Å². The lowest BCUT2D eigenvalue weighted by molar-refractivity contribution is -0.697. The Morgan fingerprint density at radius 3 is 2.03 bits per heavy atom. The molecule has 0 bridgehead atoms. The molecule has 1 heterocycles. The van der Waals surface area contributed by atoms with Crippen LogP contribution in [0.25, 0.3) is 0 Å². The summed E-state index contributed by atoms with van der Waals surface area (Å²) in [5.41, 5.74) is 1.50. The van der Waals surface area contributed by atoms with E-state index >= 15 is 0 Å². The van der Waals surface area contributed by atoms with Crippen LogP contribution in [0.2, 0.25) is 0 Å². The van der Waals surface area contributed by atoms with Gasteiger partial charge in [0.15, 0.2) is 18.7 Å². The number of aldehydes is 1. The van der Waals surface area contributed by atoms with E-state index < -0.39 is 0 Å². The Morgan fingerprint density at radius 2 is 1.41 bits per heavy atom. The maximum Gasteiger partial charge on any atom is 0.171 e. The zero-order valence-electron chi connectivity index (χ0n) is 17.6. The van der Waals surface area contributed by atoms with Gasteiger partial charge in [-0.05, 0) is 24.6 Å². The van der Waals surface area contributed by atoms with E-state index in [1.807, 2.05) is 24.5 Å². The molecule has 0 unspecified atom stereocenters. The van der Waals surface area contributed by atoms with E-state index in [9.17, 15) is 9.90 Å². The molecule has 0 atom stereocenters. The maximum absolute atomic E-state index is 10.9. The van der Waals surface area contributed by atoms with Gasteiger partial charge in [-0.15, -0.1) is 0 Å². The highest BCUT2D eigenvalue weighted by Gasteiger charge is 2.03. The molecular formula is C24H34N3O2+. The van der Waals surface area contributed by atoms with Gasteiger partial charge in [-0.25, -0.2) is 4.57 Å². The van der Waals surface area contributed by atoms with Crippen molar-refractivity contribution in [2.75, 3.05) is 0 Å². The minimum atomic E-state index is -0.0494. The minimum Gasteiger partial charge on any atom is -0.507 e. The quantitative estimate of drug-likeness (QED) is 0.165. The van der Waals surface area contributed by atoms with Gasteiger partial charge >= 0.3 is 0 Å². The Bertz CT molecular complexity index is 757. The average molecular weight is 397 g/mol. The number of nitrogens with zero attached hydrogens (tertiary/aromatic N) is 3. The van der Waals surface area contributed by atoms with Gasteiger partial charge in [-0.2, -0.15) is 10.2 Å². The Labute approximate surface area is 174 Å². The molecule has 1 N–H and O–H groups in total. The fourth-order valence-electron chi connectivity index (χ4n) is 3.26. The number of phenolic OH excluding ortho intramolecular Hbond substituents is 1. The van der Waals surface area contributed by atoms with E-state index in [0.717, 1.165) is 12.2 Å². The molecule has 0 aliphatic rings. The summed E-state index contributed by atoms with van der Waals surface area (Å²) in [7, 11) is 0. The number of aromatic nitrogens is 1. The lowest BCUT2D eigenvalue weighted by atomic mass is 10.1.